The van der Waals surface area contributed by atoms with E-state index in [-0.39, 0.29) is 12.4 Å². The van der Waals surface area contributed by atoms with Crippen molar-refractivity contribution >= 4 is 23.4 Å². The molecule has 106 valence electrons. The molecule has 0 aliphatic rings. The van der Waals surface area contributed by atoms with Crippen molar-refractivity contribution in [1.29, 1.82) is 0 Å². The van der Waals surface area contributed by atoms with Gasteiger partial charge in [-0.05, 0) is 31.5 Å². The highest BCUT2D eigenvalue weighted by Gasteiger charge is 2.11. The van der Waals surface area contributed by atoms with Gasteiger partial charge in [0.1, 0.15) is 11.3 Å². The van der Waals surface area contributed by atoms with E-state index in [9.17, 15) is 0 Å². The van der Waals surface area contributed by atoms with E-state index in [1.54, 1.807) is 0 Å². The Labute approximate surface area is 122 Å². The van der Waals surface area contributed by atoms with Crippen LogP contribution in [0.5, 0.6) is 0 Å². The first kappa shape index (κ1) is 16.1. The quantitative estimate of drug-likeness (QED) is 0.804. The van der Waals surface area contributed by atoms with Gasteiger partial charge in [0.05, 0.1) is 0 Å². The highest BCUT2D eigenvalue weighted by molar-refractivity contribution is 5.85. The van der Waals surface area contributed by atoms with Gasteiger partial charge in [0.2, 0.25) is 0 Å². The van der Waals surface area contributed by atoms with Crippen molar-refractivity contribution < 1.29 is 4.42 Å². The minimum absolute atomic E-state index is 0. The van der Waals surface area contributed by atoms with Gasteiger partial charge in [-0.15, -0.1) is 12.4 Å². The lowest BCUT2D eigenvalue weighted by Crippen LogP contribution is -2.31. The summed E-state index contributed by atoms with van der Waals surface area (Å²) in [6.07, 6.45) is 4.58. The van der Waals surface area contributed by atoms with Gasteiger partial charge >= 0.3 is 0 Å². The third-order valence-electron chi connectivity index (χ3n) is 3.24. The average molecular weight is 282 g/mol. The molecule has 0 aliphatic heterocycles. The van der Waals surface area contributed by atoms with Crippen LogP contribution >= 0.6 is 12.4 Å². The van der Waals surface area contributed by atoms with E-state index in [0.29, 0.717) is 6.04 Å². The molecule has 0 amide bonds. The maximum Gasteiger partial charge on any atom is 0.134 e. The van der Waals surface area contributed by atoms with Crippen LogP contribution in [-0.4, -0.2) is 12.6 Å². The van der Waals surface area contributed by atoms with Crippen molar-refractivity contribution in [3.05, 3.63) is 36.1 Å². The minimum atomic E-state index is 0. The normalized spacial score (nSPS) is 12.3. The molecule has 1 N–H and O–H groups in total. The van der Waals surface area contributed by atoms with Crippen LogP contribution in [0.2, 0.25) is 0 Å². The Bertz CT molecular complexity index is 447. The number of nitrogens with one attached hydrogen (secondary N) is 1. The van der Waals surface area contributed by atoms with E-state index in [2.05, 4.69) is 37.4 Å². The van der Waals surface area contributed by atoms with Gasteiger partial charge in [0, 0.05) is 17.8 Å². The fourth-order valence-corrected chi connectivity index (χ4v) is 2.35. The molecule has 0 radical (unpaired) electrons. The molecule has 2 rings (SSSR count). The molecule has 2 aromatic rings. The molecular weight excluding hydrogens is 258 g/mol. The van der Waals surface area contributed by atoms with E-state index < -0.39 is 0 Å². The van der Waals surface area contributed by atoms with Crippen molar-refractivity contribution in [3.63, 3.8) is 0 Å². The summed E-state index contributed by atoms with van der Waals surface area (Å²) in [6, 6.07) is 10.9. The van der Waals surface area contributed by atoms with Gasteiger partial charge < -0.3 is 9.73 Å². The molecule has 19 heavy (non-hydrogen) atoms. The number of hydrogen-bond acceptors (Lipinski definition) is 2. The average Bonchev–Trinajstić information content (AvgIpc) is 2.78. The maximum absolute atomic E-state index is 5.88. The molecule has 1 atom stereocenters. The van der Waals surface area contributed by atoms with Crippen LogP contribution in [0, 0.1) is 0 Å². The molecule has 1 heterocycles. The zero-order chi connectivity index (χ0) is 12.8. The van der Waals surface area contributed by atoms with Crippen molar-refractivity contribution in [2.75, 3.05) is 6.54 Å². The highest BCUT2D eigenvalue weighted by Crippen LogP contribution is 2.20. The standard InChI is InChI=1S/C16H23NO.ClH/c1-3-7-14(17-10-4-2)12-15-11-13-8-5-6-9-16(13)18-15;/h5-6,8-9,11,14,17H,3-4,7,10,12H2,1-2H3;1H/t14-;/m1./s1. The van der Waals surface area contributed by atoms with Gasteiger partial charge in [0.25, 0.3) is 0 Å². The Morgan fingerprint density at radius 1 is 1.16 bits per heavy atom. The Morgan fingerprint density at radius 2 is 1.95 bits per heavy atom. The number of fused-ring (bicyclic) bond motifs is 1. The summed E-state index contributed by atoms with van der Waals surface area (Å²) in [4.78, 5) is 0. The summed E-state index contributed by atoms with van der Waals surface area (Å²) < 4.78 is 5.88. The van der Waals surface area contributed by atoms with Crippen LogP contribution in [0.3, 0.4) is 0 Å². The molecule has 0 saturated heterocycles. The predicted molar refractivity (Wildman–Crippen MR) is 84.2 cm³/mol. The van der Waals surface area contributed by atoms with Crippen LogP contribution in [0.4, 0.5) is 0 Å². The fourth-order valence-electron chi connectivity index (χ4n) is 2.35. The summed E-state index contributed by atoms with van der Waals surface area (Å²) in [6.45, 7) is 5.53. The Balaban J connectivity index is 0.00000180. The predicted octanol–water partition coefficient (Wildman–Crippen LogP) is 4.57. The smallest absolute Gasteiger partial charge is 0.134 e. The maximum atomic E-state index is 5.88. The van der Waals surface area contributed by atoms with Gasteiger partial charge in [-0.25, -0.2) is 0 Å². The van der Waals surface area contributed by atoms with Gasteiger partial charge in [0.15, 0.2) is 0 Å². The van der Waals surface area contributed by atoms with Crippen molar-refractivity contribution in [2.24, 2.45) is 0 Å². The molecule has 1 aromatic heterocycles. The zero-order valence-electron chi connectivity index (χ0n) is 11.8. The number of hydrogen-bond donors (Lipinski definition) is 1. The summed E-state index contributed by atoms with van der Waals surface area (Å²) in [5.41, 5.74) is 0.998. The summed E-state index contributed by atoms with van der Waals surface area (Å²) in [7, 11) is 0. The van der Waals surface area contributed by atoms with Crippen LogP contribution in [0.25, 0.3) is 11.0 Å². The SMILES string of the molecule is CCCN[C@H](CCC)Cc1cc2ccccc2o1.Cl. The molecule has 0 bridgehead atoms. The second-order valence-corrected chi connectivity index (χ2v) is 4.89. The molecule has 3 heteroatoms. The fraction of sp³-hybridized carbons (Fsp3) is 0.500. The number of para-hydroxylation sites is 1. The zero-order valence-corrected chi connectivity index (χ0v) is 12.6. The summed E-state index contributed by atoms with van der Waals surface area (Å²) >= 11 is 0. The van der Waals surface area contributed by atoms with E-state index in [1.807, 2.05) is 12.1 Å². The number of halogens is 1. The minimum Gasteiger partial charge on any atom is -0.461 e. The lowest BCUT2D eigenvalue weighted by molar-refractivity contribution is 0.432. The molecule has 2 nitrogen and oxygen atoms in total. The van der Waals surface area contributed by atoms with Crippen molar-refractivity contribution in [3.8, 4) is 0 Å². The molecule has 0 fully saturated rings. The lowest BCUT2D eigenvalue weighted by atomic mass is 10.1. The molecule has 0 saturated carbocycles. The first-order chi connectivity index (χ1) is 8.83. The Hall–Kier alpha value is -0.990. The van der Waals surface area contributed by atoms with E-state index in [0.717, 1.165) is 24.3 Å². The first-order valence-electron chi connectivity index (χ1n) is 7.04. The third-order valence-corrected chi connectivity index (χ3v) is 3.24. The Kier molecular flexibility index (Phi) is 6.96. The van der Waals surface area contributed by atoms with Gasteiger partial charge in [-0.3, -0.25) is 0 Å². The van der Waals surface area contributed by atoms with Crippen molar-refractivity contribution in [2.45, 2.75) is 45.6 Å². The van der Waals surface area contributed by atoms with E-state index in [1.165, 1.54) is 24.6 Å². The monoisotopic (exact) mass is 281 g/mol. The highest BCUT2D eigenvalue weighted by atomic mass is 35.5. The second-order valence-electron chi connectivity index (χ2n) is 4.89. The topological polar surface area (TPSA) is 25.2 Å². The van der Waals surface area contributed by atoms with Crippen LogP contribution in [0.15, 0.2) is 34.7 Å². The first-order valence-corrected chi connectivity index (χ1v) is 7.04. The third kappa shape index (κ3) is 4.55. The molecule has 0 unspecified atom stereocenters. The molecule has 0 spiro atoms. The second kappa shape index (κ2) is 8.23. The summed E-state index contributed by atoms with van der Waals surface area (Å²) in [5.74, 6) is 1.10. The molecular formula is C16H24ClNO. The summed E-state index contributed by atoms with van der Waals surface area (Å²) in [5, 5.41) is 4.81. The van der Waals surface area contributed by atoms with Gasteiger partial charge in [-0.1, -0.05) is 38.5 Å². The van der Waals surface area contributed by atoms with Crippen LogP contribution < -0.4 is 5.32 Å². The lowest BCUT2D eigenvalue weighted by Gasteiger charge is -2.16. The van der Waals surface area contributed by atoms with Gasteiger partial charge in [-0.2, -0.15) is 0 Å². The Morgan fingerprint density at radius 3 is 2.63 bits per heavy atom. The molecule has 1 aromatic carbocycles. The van der Waals surface area contributed by atoms with E-state index >= 15 is 0 Å². The van der Waals surface area contributed by atoms with E-state index in [4.69, 9.17) is 4.42 Å². The largest absolute Gasteiger partial charge is 0.461 e. The van der Waals surface area contributed by atoms with Crippen molar-refractivity contribution in [1.82, 2.24) is 5.32 Å². The number of benzene rings is 1. The number of rotatable bonds is 7. The van der Waals surface area contributed by atoms with Crippen LogP contribution in [0.1, 0.15) is 38.9 Å². The van der Waals surface area contributed by atoms with Crippen LogP contribution in [-0.2, 0) is 6.42 Å². The number of furan rings is 1. The molecule has 0 aliphatic carbocycles.